The monoisotopic (exact) mass is 370 g/mol. The molecule has 1 rings (SSSR count). The fraction of sp³-hybridized carbons (Fsp3) is 1.00. The molecule has 0 N–H and O–H groups in total. The molecule has 0 spiro atoms. The summed E-state index contributed by atoms with van der Waals surface area (Å²) in [7, 11) is 1.72. The lowest BCUT2D eigenvalue weighted by Gasteiger charge is -2.31. The van der Waals surface area contributed by atoms with Gasteiger partial charge in [0.2, 0.25) is 0 Å². The van der Waals surface area contributed by atoms with Gasteiger partial charge in [0.05, 0.1) is 18.8 Å². The molecule has 0 atom stereocenters. The molecule has 1 saturated carbocycles. The lowest BCUT2D eigenvalue weighted by Crippen LogP contribution is -2.35. The molecule has 0 saturated heterocycles. The highest BCUT2D eigenvalue weighted by Crippen LogP contribution is 2.32. The second kappa shape index (κ2) is 10.4. The topological polar surface area (TPSA) is 27.7 Å². The first-order valence-corrected chi connectivity index (χ1v) is 8.62. The third-order valence-electron chi connectivity index (χ3n) is 3.53. The summed E-state index contributed by atoms with van der Waals surface area (Å²) in [6.45, 7) is 2.99. The number of methoxy groups -OCH3 is 1. The van der Waals surface area contributed by atoms with Crippen LogP contribution in [0.1, 0.15) is 44.9 Å². The molecule has 1 aliphatic carbocycles. The van der Waals surface area contributed by atoms with E-state index in [-0.39, 0.29) is 5.60 Å². The van der Waals surface area contributed by atoms with Crippen molar-refractivity contribution in [1.29, 1.82) is 0 Å². The molecule has 1 fully saturated rings. The van der Waals surface area contributed by atoms with Crippen molar-refractivity contribution in [3.63, 3.8) is 0 Å². The summed E-state index contributed by atoms with van der Waals surface area (Å²) in [5.41, 5.74) is 0.132. The molecule has 0 aromatic rings. The summed E-state index contributed by atoms with van der Waals surface area (Å²) in [6, 6.07) is 0. The van der Waals surface area contributed by atoms with Gasteiger partial charge in [-0.15, -0.1) is 0 Å². The van der Waals surface area contributed by atoms with E-state index in [0.717, 1.165) is 30.7 Å². The number of ether oxygens (including phenoxy) is 3. The Morgan fingerprint density at radius 3 is 2.28 bits per heavy atom. The van der Waals surface area contributed by atoms with Gasteiger partial charge in [0, 0.05) is 24.8 Å². The maximum Gasteiger partial charge on any atom is 0.0772 e. The van der Waals surface area contributed by atoms with E-state index in [1.807, 2.05) is 0 Å². The van der Waals surface area contributed by atoms with Crippen molar-refractivity contribution >= 4 is 22.6 Å². The van der Waals surface area contributed by atoms with E-state index in [2.05, 4.69) is 22.6 Å². The molecule has 4 heteroatoms. The summed E-state index contributed by atoms with van der Waals surface area (Å²) in [6.07, 6.45) is 8.78. The molecule has 0 amide bonds. The van der Waals surface area contributed by atoms with Crippen LogP contribution in [-0.4, -0.2) is 43.6 Å². The first-order valence-electron chi connectivity index (χ1n) is 7.09. The van der Waals surface area contributed by atoms with Gasteiger partial charge in [0.1, 0.15) is 0 Å². The van der Waals surface area contributed by atoms with E-state index in [4.69, 9.17) is 14.2 Å². The van der Waals surface area contributed by atoms with Crippen molar-refractivity contribution in [2.75, 3.05) is 38.0 Å². The van der Waals surface area contributed by atoms with E-state index in [9.17, 15) is 0 Å². The Morgan fingerprint density at radius 1 is 0.944 bits per heavy atom. The highest BCUT2D eigenvalue weighted by atomic mass is 127. The molecule has 0 aromatic carbocycles. The van der Waals surface area contributed by atoms with Crippen molar-refractivity contribution in [3.8, 4) is 0 Å². The Bertz CT molecular complexity index is 191. The molecular weight excluding hydrogens is 343 g/mol. The summed E-state index contributed by atoms with van der Waals surface area (Å²) in [5, 5.41) is 0. The van der Waals surface area contributed by atoms with Crippen LogP contribution in [0.15, 0.2) is 0 Å². The predicted molar refractivity (Wildman–Crippen MR) is 82.6 cm³/mol. The minimum atomic E-state index is 0.132. The SMILES string of the molecule is COCCCOCCOC1(CI)CCCCCC1. The smallest absolute Gasteiger partial charge is 0.0772 e. The Kier molecular flexibility index (Phi) is 9.63. The van der Waals surface area contributed by atoms with Crippen LogP contribution in [0, 0.1) is 0 Å². The van der Waals surface area contributed by atoms with Crippen LogP contribution >= 0.6 is 22.6 Å². The van der Waals surface area contributed by atoms with Crippen molar-refractivity contribution in [3.05, 3.63) is 0 Å². The Labute approximate surface area is 125 Å². The van der Waals surface area contributed by atoms with Crippen LogP contribution < -0.4 is 0 Å². The van der Waals surface area contributed by atoms with Gasteiger partial charge < -0.3 is 14.2 Å². The Morgan fingerprint density at radius 2 is 1.67 bits per heavy atom. The number of hydrogen-bond donors (Lipinski definition) is 0. The van der Waals surface area contributed by atoms with Gasteiger partial charge in [-0.25, -0.2) is 0 Å². The highest BCUT2D eigenvalue weighted by molar-refractivity contribution is 14.1. The molecule has 0 aliphatic heterocycles. The van der Waals surface area contributed by atoms with Crippen LogP contribution in [0.25, 0.3) is 0 Å². The van der Waals surface area contributed by atoms with Crippen LogP contribution in [-0.2, 0) is 14.2 Å². The van der Waals surface area contributed by atoms with Gasteiger partial charge in [-0.3, -0.25) is 0 Å². The maximum atomic E-state index is 6.14. The minimum absolute atomic E-state index is 0.132. The first-order chi connectivity index (χ1) is 8.83. The van der Waals surface area contributed by atoms with Gasteiger partial charge >= 0.3 is 0 Å². The Balaban J connectivity index is 2.10. The van der Waals surface area contributed by atoms with E-state index in [1.165, 1.54) is 38.5 Å². The van der Waals surface area contributed by atoms with Crippen molar-refractivity contribution < 1.29 is 14.2 Å². The average molecular weight is 370 g/mol. The predicted octanol–water partition coefficient (Wildman–Crippen LogP) is 3.58. The average Bonchev–Trinajstić information content (AvgIpc) is 2.64. The molecule has 3 nitrogen and oxygen atoms in total. The standard InChI is InChI=1S/C14H27IO3/c1-16-9-6-10-17-11-12-18-14(13-15)7-4-2-3-5-8-14/h2-13H2,1H3. The summed E-state index contributed by atoms with van der Waals surface area (Å²) >= 11 is 2.47. The molecule has 0 unspecified atom stereocenters. The number of halogens is 1. The minimum Gasteiger partial charge on any atom is -0.385 e. The van der Waals surface area contributed by atoms with E-state index < -0.39 is 0 Å². The second-order valence-corrected chi connectivity index (χ2v) is 5.80. The normalized spacial score (nSPS) is 19.7. The molecule has 0 bridgehead atoms. The van der Waals surface area contributed by atoms with E-state index in [1.54, 1.807) is 7.11 Å². The van der Waals surface area contributed by atoms with Crippen LogP contribution in [0.3, 0.4) is 0 Å². The zero-order valence-corrected chi connectivity index (χ0v) is 13.7. The molecule has 18 heavy (non-hydrogen) atoms. The number of rotatable bonds is 9. The van der Waals surface area contributed by atoms with Crippen molar-refractivity contribution in [1.82, 2.24) is 0 Å². The molecule has 108 valence electrons. The molecule has 0 aromatic heterocycles. The van der Waals surface area contributed by atoms with Gasteiger partial charge in [-0.2, -0.15) is 0 Å². The van der Waals surface area contributed by atoms with Gasteiger partial charge in [-0.05, 0) is 19.3 Å². The second-order valence-electron chi connectivity index (χ2n) is 5.04. The fourth-order valence-electron chi connectivity index (χ4n) is 2.41. The van der Waals surface area contributed by atoms with E-state index in [0.29, 0.717) is 6.61 Å². The number of alkyl halides is 1. The largest absolute Gasteiger partial charge is 0.385 e. The fourth-order valence-corrected chi connectivity index (χ4v) is 3.40. The summed E-state index contributed by atoms with van der Waals surface area (Å²) < 4.78 is 17.8. The quantitative estimate of drug-likeness (QED) is 0.269. The summed E-state index contributed by atoms with van der Waals surface area (Å²) in [5.74, 6) is 0. The number of hydrogen-bond acceptors (Lipinski definition) is 3. The Hall–Kier alpha value is 0.610. The van der Waals surface area contributed by atoms with Gasteiger partial charge in [0.15, 0.2) is 0 Å². The molecule has 0 radical (unpaired) electrons. The zero-order chi connectivity index (χ0) is 13.1. The molecule has 1 aliphatic rings. The third kappa shape index (κ3) is 6.68. The van der Waals surface area contributed by atoms with E-state index >= 15 is 0 Å². The van der Waals surface area contributed by atoms with Crippen LogP contribution in [0.4, 0.5) is 0 Å². The third-order valence-corrected chi connectivity index (χ3v) is 4.92. The first kappa shape index (κ1) is 16.7. The van der Waals surface area contributed by atoms with Gasteiger partial charge in [-0.1, -0.05) is 48.3 Å². The van der Waals surface area contributed by atoms with Crippen molar-refractivity contribution in [2.45, 2.75) is 50.5 Å². The zero-order valence-electron chi connectivity index (χ0n) is 11.6. The maximum absolute atomic E-state index is 6.14. The lowest BCUT2D eigenvalue weighted by atomic mass is 9.97. The molecular formula is C14H27IO3. The highest BCUT2D eigenvalue weighted by Gasteiger charge is 2.30. The summed E-state index contributed by atoms with van der Waals surface area (Å²) in [4.78, 5) is 0. The van der Waals surface area contributed by atoms with Crippen molar-refractivity contribution in [2.24, 2.45) is 0 Å². The molecule has 0 heterocycles. The lowest BCUT2D eigenvalue weighted by molar-refractivity contribution is -0.0609. The van der Waals surface area contributed by atoms with Gasteiger partial charge in [0.25, 0.3) is 0 Å². The van der Waals surface area contributed by atoms with Crippen LogP contribution in [0.2, 0.25) is 0 Å². The van der Waals surface area contributed by atoms with Crippen LogP contribution in [0.5, 0.6) is 0 Å².